The lowest BCUT2D eigenvalue weighted by Crippen LogP contribution is -2.57. The zero-order valence-electron chi connectivity index (χ0n) is 15.3. The molecule has 0 bridgehead atoms. The molecular weight excluding hydrogens is 309 g/mol. The van der Waals surface area contributed by atoms with Crippen LogP contribution in [-0.4, -0.2) is 72.3 Å². The van der Waals surface area contributed by atoms with Gasteiger partial charge >= 0.3 is 13.1 Å². The van der Waals surface area contributed by atoms with Crippen LogP contribution >= 0.6 is 0 Å². The monoisotopic (exact) mass is 337 g/mol. The molecule has 8 heteroatoms. The van der Waals surface area contributed by atoms with Gasteiger partial charge in [-0.2, -0.15) is 0 Å². The maximum atomic E-state index is 12.7. The molecule has 24 heavy (non-hydrogen) atoms. The summed E-state index contributed by atoms with van der Waals surface area (Å²) in [4.78, 5) is 27.8. The van der Waals surface area contributed by atoms with Gasteiger partial charge in [-0.1, -0.05) is 0 Å². The largest absolute Gasteiger partial charge is 0.463 e. The maximum Gasteiger partial charge on any atom is 0.463 e. The van der Waals surface area contributed by atoms with Crippen LogP contribution < -0.4 is 5.32 Å². The molecule has 7 nitrogen and oxygen atoms in total. The van der Waals surface area contributed by atoms with Crippen LogP contribution in [0.4, 0.5) is 4.79 Å². The topological polar surface area (TPSA) is 71.1 Å². The Morgan fingerprint density at radius 1 is 1.17 bits per heavy atom. The third-order valence-corrected chi connectivity index (χ3v) is 5.66. The molecule has 0 aliphatic carbocycles. The molecule has 0 spiro atoms. The Kier molecular flexibility index (Phi) is 4.32. The normalized spacial score (nSPS) is 32.2. The van der Waals surface area contributed by atoms with Crippen LogP contribution in [0.2, 0.25) is 5.82 Å². The zero-order valence-corrected chi connectivity index (χ0v) is 15.3. The van der Waals surface area contributed by atoms with Gasteiger partial charge in [0.15, 0.2) is 0 Å². The minimum Gasteiger partial charge on any atom is -0.403 e. The van der Waals surface area contributed by atoms with Crippen molar-refractivity contribution >= 4 is 19.1 Å². The van der Waals surface area contributed by atoms with Crippen LogP contribution in [0.1, 0.15) is 41.0 Å². The van der Waals surface area contributed by atoms with E-state index in [1.54, 1.807) is 4.90 Å². The molecule has 3 rings (SSSR count). The van der Waals surface area contributed by atoms with Crippen molar-refractivity contribution in [1.29, 1.82) is 0 Å². The van der Waals surface area contributed by atoms with Crippen LogP contribution in [0.15, 0.2) is 0 Å². The molecule has 0 radical (unpaired) electrons. The minimum atomic E-state index is -0.352. The second kappa shape index (κ2) is 5.91. The van der Waals surface area contributed by atoms with Crippen molar-refractivity contribution in [3.8, 4) is 0 Å². The second-order valence-electron chi connectivity index (χ2n) is 8.25. The summed E-state index contributed by atoms with van der Waals surface area (Å²) < 4.78 is 12.2. The number of carbonyl (C=O) groups is 2. The Morgan fingerprint density at radius 3 is 2.38 bits per heavy atom. The van der Waals surface area contributed by atoms with Gasteiger partial charge in [0, 0.05) is 31.5 Å². The number of hydrogen-bond acceptors (Lipinski definition) is 4. The molecule has 0 aromatic carbocycles. The molecule has 3 aliphatic heterocycles. The van der Waals surface area contributed by atoms with Gasteiger partial charge in [-0.3, -0.25) is 4.79 Å². The molecule has 3 amide bonds. The second-order valence-corrected chi connectivity index (χ2v) is 8.25. The highest BCUT2D eigenvalue weighted by Gasteiger charge is 2.55. The number of likely N-dealkylation sites (tertiary alicyclic amines) is 1. The SMILES string of the molecule is CC1CN(C(=O)N2CCC(B3OC(C)(C)C(C)(C)O3)C2)CC(=O)N1. The number of nitrogens with one attached hydrogen (secondary N) is 1. The van der Waals surface area contributed by atoms with E-state index >= 15 is 0 Å². The first kappa shape index (κ1) is 17.5. The van der Waals surface area contributed by atoms with Gasteiger partial charge in [-0.15, -0.1) is 0 Å². The van der Waals surface area contributed by atoms with Crippen molar-refractivity contribution in [2.75, 3.05) is 26.2 Å². The number of hydrogen-bond donors (Lipinski definition) is 1. The Morgan fingerprint density at radius 2 is 1.79 bits per heavy atom. The van der Waals surface area contributed by atoms with Crippen molar-refractivity contribution in [1.82, 2.24) is 15.1 Å². The summed E-state index contributed by atoms with van der Waals surface area (Å²) >= 11 is 0. The Labute approximate surface area is 144 Å². The van der Waals surface area contributed by atoms with Crippen molar-refractivity contribution < 1.29 is 18.9 Å². The Hall–Kier alpha value is -1.28. The van der Waals surface area contributed by atoms with E-state index in [0.29, 0.717) is 19.6 Å². The highest BCUT2D eigenvalue weighted by Crippen LogP contribution is 2.42. The van der Waals surface area contributed by atoms with Gasteiger partial charge in [0.25, 0.3) is 0 Å². The predicted octanol–water partition coefficient (Wildman–Crippen LogP) is 1.09. The smallest absolute Gasteiger partial charge is 0.403 e. The van der Waals surface area contributed by atoms with Crippen LogP contribution in [-0.2, 0) is 14.1 Å². The van der Waals surface area contributed by atoms with Crippen molar-refractivity contribution in [2.45, 2.75) is 64.1 Å². The molecule has 3 saturated heterocycles. The molecule has 2 atom stereocenters. The van der Waals surface area contributed by atoms with Crippen molar-refractivity contribution in [3.63, 3.8) is 0 Å². The van der Waals surface area contributed by atoms with E-state index in [9.17, 15) is 9.59 Å². The Balaban J connectivity index is 1.60. The van der Waals surface area contributed by atoms with E-state index in [2.05, 4.69) is 5.32 Å². The van der Waals surface area contributed by atoms with Crippen LogP contribution in [0.25, 0.3) is 0 Å². The molecule has 0 aromatic rings. The van der Waals surface area contributed by atoms with Crippen molar-refractivity contribution in [2.24, 2.45) is 0 Å². The van der Waals surface area contributed by atoms with Crippen LogP contribution in [0.3, 0.4) is 0 Å². The van der Waals surface area contributed by atoms with Gasteiger partial charge in [0.05, 0.1) is 11.2 Å². The first-order chi connectivity index (χ1) is 11.1. The molecular formula is C16H28BN3O4. The fourth-order valence-corrected chi connectivity index (χ4v) is 3.54. The molecule has 134 valence electrons. The Bertz CT molecular complexity index is 523. The molecule has 3 aliphatic rings. The standard InChI is InChI=1S/C16H28BN3O4/c1-11-8-20(10-13(21)18-11)14(22)19-7-6-12(9-19)17-23-15(2,3)16(4,5)24-17/h11-12H,6-10H2,1-5H3,(H,18,21). The summed E-state index contributed by atoms with van der Waals surface area (Å²) in [6.07, 6.45) is 0.859. The fourth-order valence-electron chi connectivity index (χ4n) is 3.54. The van der Waals surface area contributed by atoms with E-state index in [0.717, 1.165) is 6.42 Å². The third-order valence-electron chi connectivity index (χ3n) is 5.66. The number of piperazine rings is 1. The third kappa shape index (κ3) is 3.13. The molecule has 3 heterocycles. The van der Waals surface area contributed by atoms with Crippen LogP contribution in [0, 0.1) is 0 Å². The summed E-state index contributed by atoms with van der Waals surface area (Å²) in [5.74, 6) is 0.0786. The number of amides is 3. The van der Waals surface area contributed by atoms with E-state index in [4.69, 9.17) is 9.31 Å². The summed E-state index contributed by atoms with van der Waals surface area (Å²) in [6, 6.07) is -0.0626. The lowest BCUT2D eigenvalue weighted by atomic mass is 9.71. The van der Waals surface area contributed by atoms with E-state index < -0.39 is 0 Å². The summed E-state index contributed by atoms with van der Waals surface area (Å²) in [5.41, 5.74) is -0.703. The maximum absolute atomic E-state index is 12.7. The summed E-state index contributed by atoms with van der Waals surface area (Å²) in [7, 11) is -0.281. The molecule has 2 unspecified atom stereocenters. The molecule has 1 N–H and O–H groups in total. The molecule has 0 saturated carbocycles. The van der Waals surface area contributed by atoms with E-state index in [1.165, 1.54) is 0 Å². The highest BCUT2D eigenvalue weighted by atomic mass is 16.7. The first-order valence-electron chi connectivity index (χ1n) is 8.78. The average Bonchev–Trinajstić information content (AvgIpc) is 3.00. The molecule has 3 fully saturated rings. The lowest BCUT2D eigenvalue weighted by molar-refractivity contribution is -0.124. The summed E-state index contributed by atoms with van der Waals surface area (Å²) in [6.45, 7) is 12.1. The number of rotatable bonds is 1. The van der Waals surface area contributed by atoms with Crippen LogP contribution in [0.5, 0.6) is 0 Å². The number of nitrogens with zero attached hydrogens (tertiary/aromatic N) is 2. The van der Waals surface area contributed by atoms with Gasteiger partial charge in [0.2, 0.25) is 5.91 Å². The molecule has 0 aromatic heterocycles. The highest BCUT2D eigenvalue weighted by molar-refractivity contribution is 6.47. The average molecular weight is 337 g/mol. The zero-order chi connectivity index (χ0) is 17.7. The summed E-state index contributed by atoms with van der Waals surface area (Å²) in [5, 5.41) is 2.83. The van der Waals surface area contributed by atoms with E-state index in [1.807, 2.05) is 39.5 Å². The minimum absolute atomic E-state index is 0.00306. The lowest BCUT2D eigenvalue weighted by Gasteiger charge is -2.34. The first-order valence-corrected chi connectivity index (χ1v) is 8.78. The predicted molar refractivity (Wildman–Crippen MR) is 90.6 cm³/mol. The van der Waals surface area contributed by atoms with Gasteiger partial charge in [-0.25, -0.2) is 4.79 Å². The fraction of sp³-hybridized carbons (Fsp3) is 0.875. The number of urea groups is 1. The van der Waals surface area contributed by atoms with Gasteiger partial charge in [-0.05, 0) is 41.0 Å². The quantitative estimate of drug-likeness (QED) is 0.728. The van der Waals surface area contributed by atoms with Crippen molar-refractivity contribution in [3.05, 3.63) is 0 Å². The van der Waals surface area contributed by atoms with E-state index in [-0.39, 0.29) is 48.7 Å². The number of carbonyl (C=O) groups excluding carboxylic acids is 2. The van der Waals surface area contributed by atoms with Gasteiger partial charge < -0.3 is 24.4 Å². The van der Waals surface area contributed by atoms with Gasteiger partial charge in [0.1, 0.15) is 6.54 Å².